The molecule has 6 atom stereocenters. The fourth-order valence-corrected chi connectivity index (χ4v) is 3.30. The van der Waals surface area contributed by atoms with Crippen molar-refractivity contribution in [3.05, 3.63) is 11.9 Å². The van der Waals surface area contributed by atoms with E-state index >= 15 is 0 Å². The summed E-state index contributed by atoms with van der Waals surface area (Å²) in [6.07, 6.45) is 2.52. The van der Waals surface area contributed by atoms with Gasteiger partial charge < -0.3 is 28.4 Å². The van der Waals surface area contributed by atoms with Crippen LogP contribution in [0.25, 0.3) is 0 Å². The third-order valence-electron chi connectivity index (χ3n) is 4.63. The smallest absolute Gasteiger partial charge is 0.141 e. The predicted molar refractivity (Wildman–Crippen MR) is 95.3 cm³/mol. The molecule has 0 N–H and O–H groups in total. The number of methoxy groups -OCH3 is 2. The highest BCUT2D eigenvalue weighted by Crippen LogP contribution is 2.23. The van der Waals surface area contributed by atoms with E-state index in [0.717, 1.165) is 0 Å². The van der Waals surface area contributed by atoms with Crippen LogP contribution in [0.5, 0.6) is 0 Å². The Morgan fingerprint density at radius 1 is 1.11 bits per heavy atom. The Labute approximate surface area is 161 Å². The monoisotopic (exact) mass is 377 g/mol. The van der Waals surface area contributed by atoms with Gasteiger partial charge in [0.1, 0.15) is 40.3 Å². The third kappa shape index (κ3) is 5.75. The van der Waals surface area contributed by atoms with Crippen molar-refractivity contribution < 1.29 is 28.4 Å². The Bertz CT molecular complexity index is 580. The van der Waals surface area contributed by atoms with Crippen LogP contribution in [0.4, 0.5) is 0 Å². The molecule has 2 aliphatic rings. The largest absolute Gasteiger partial charge is 0.382 e. The summed E-state index contributed by atoms with van der Waals surface area (Å²) in [6, 6.07) is -0.644. The Hall–Kier alpha value is -0.970. The van der Waals surface area contributed by atoms with Gasteiger partial charge in [0.15, 0.2) is 0 Å². The zero-order chi connectivity index (χ0) is 19.2. The maximum atomic E-state index is 5.87. The highest BCUT2D eigenvalue weighted by molar-refractivity contribution is 6.11. The van der Waals surface area contributed by atoms with Crippen LogP contribution >= 0.6 is 0 Å². The summed E-state index contributed by atoms with van der Waals surface area (Å²) >= 11 is 0. The van der Waals surface area contributed by atoms with Crippen LogP contribution in [0, 0.1) is 0 Å². The Kier molecular flexibility index (Phi) is 7.68. The van der Waals surface area contributed by atoms with Gasteiger partial charge >= 0.3 is 0 Å². The van der Waals surface area contributed by atoms with Crippen molar-refractivity contribution in [1.82, 2.24) is 15.0 Å². The van der Waals surface area contributed by atoms with E-state index in [-0.39, 0.29) is 43.2 Å². The first kappa shape index (κ1) is 20.8. The second kappa shape index (κ2) is 9.99. The summed E-state index contributed by atoms with van der Waals surface area (Å²) in [5, 5.41) is 8.12. The zero-order valence-corrected chi connectivity index (χ0v) is 15.7. The molecule has 3 rings (SSSR count). The molecule has 1 aromatic rings. The standard InChI is InChI=1S/C16H25B2N3O6/c1-22-7-13-12(4-16(18)26-13)25-6-10-5-21(20-19-10)9-24-8-14-11(23-2)3-15(17)27-14/h5,11-16H,3-4,6-9H2,1-2H3/t11-,12-,13-,14-,15-,16-/m1/s1. The van der Waals surface area contributed by atoms with E-state index in [0.29, 0.717) is 38.4 Å². The maximum Gasteiger partial charge on any atom is 0.141 e. The molecule has 1 aromatic heterocycles. The van der Waals surface area contributed by atoms with Crippen molar-refractivity contribution >= 4 is 15.7 Å². The molecule has 0 spiro atoms. The van der Waals surface area contributed by atoms with Crippen LogP contribution in [0.1, 0.15) is 18.5 Å². The molecule has 27 heavy (non-hydrogen) atoms. The lowest BCUT2D eigenvalue weighted by molar-refractivity contribution is -0.0590. The lowest BCUT2D eigenvalue weighted by Gasteiger charge is -2.17. The molecule has 0 aromatic carbocycles. The van der Waals surface area contributed by atoms with Gasteiger partial charge in [0, 0.05) is 26.2 Å². The van der Waals surface area contributed by atoms with E-state index in [1.807, 2.05) is 0 Å². The summed E-state index contributed by atoms with van der Waals surface area (Å²) in [4.78, 5) is 0. The molecular weight excluding hydrogens is 352 g/mol. The second-order valence-corrected chi connectivity index (χ2v) is 6.73. The number of hydrogen-bond donors (Lipinski definition) is 0. The van der Waals surface area contributed by atoms with E-state index in [4.69, 9.17) is 44.1 Å². The molecule has 0 saturated carbocycles. The van der Waals surface area contributed by atoms with Gasteiger partial charge in [-0.2, -0.15) is 0 Å². The number of rotatable bonds is 10. The molecule has 2 fully saturated rings. The van der Waals surface area contributed by atoms with Crippen molar-refractivity contribution in [2.24, 2.45) is 0 Å². The molecule has 146 valence electrons. The Morgan fingerprint density at radius 3 is 2.52 bits per heavy atom. The molecule has 0 aliphatic carbocycles. The van der Waals surface area contributed by atoms with Gasteiger partial charge in [-0.3, -0.25) is 0 Å². The topological polar surface area (TPSA) is 86.1 Å². The lowest BCUT2D eigenvalue weighted by Crippen LogP contribution is -2.28. The Morgan fingerprint density at radius 2 is 1.81 bits per heavy atom. The molecule has 0 amide bonds. The highest BCUT2D eigenvalue weighted by atomic mass is 16.6. The quantitative estimate of drug-likeness (QED) is 0.499. The van der Waals surface area contributed by atoms with Gasteiger partial charge in [0.2, 0.25) is 0 Å². The highest BCUT2D eigenvalue weighted by Gasteiger charge is 2.34. The lowest BCUT2D eigenvalue weighted by atomic mass is 9.96. The molecule has 2 aliphatic heterocycles. The van der Waals surface area contributed by atoms with E-state index < -0.39 is 0 Å². The minimum atomic E-state index is -0.332. The van der Waals surface area contributed by atoms with Crippen LogP contribution in [-0.4, -0.2) is 94.5 Å². The van der Waals surface area contributed by atoms with Gasteiger partial charge in [-0.1, -0.05) is 5.21 Å². The van der Waals surface area contributed by atoms with Crippen LogP contribution in [0.15, 0.2) is 6.20 Å². The summed E-state index contributed by atoms with van der Waals surface area (Å²) in [5.41, 5.74) is 0.698. The molecule has 4 radical (unpaired) electrons. The summed E-state index contributed by atoms with van der Waals surface area (Å²) < 4.78 is 34.7. The van der Waals surface area contributed by atoms with Gasteiger partial charge in [-0.25, -0.2) is 4.68 Å². The number of aromatic nitrogens is 3. The molecule has 0 bridgehead atoms. The number of nitrogens with zero attached hydrogens (tertiary/aromatic N) is 3. The van der Waals surface area contributed by atoms with Gasteiger partial charge in [-0.05, 0) is 12.8 Å². The van der Waals surface area contributed by atoms with Crippen LogP contribution in [0.3, 0.4) is 0 Å². The van der Waals surface area contributed by atoms with E-state index in [1.165, 1.54) is 0 Å². The average molecular weight is 377 g/mol. The average Bonchev–Trinajstić information content (AvgIpc) is 3.33. The molecular formula is C16H25B2N3O6. The zero-order valence-electron chi connectivity index (χ0n) is 15.7. The number of hydrogen-bond acceptors (Lipinski definition) is 8. The fourth-order valence-electron chi connectivity index (χ4n) is 3.30. The van der Waals surface area contributed by atoms with E-state index in [9.17, 15) is 0 Å². The van der Waals surface area contributed by atoms with Gasteiger partial charge in [0.25, 0.3) is 0 Å². The van der Waals surface area contributed by atoms with Crippen molar-refractivity contribution in [3.8, 4) is 0 Å². The van der Waals surface area contributed by atoms with E-state index in [2.05, 4.69) is 10.3 Å². The van der Waals surface area contributed by atoms with Crippen molar-refractivity contribution in [1.29, 1.82) is 0 Å². The minimum Gasteiger partial charge on any atom is -0.382 e. The van der Waals surface area contributed by atoms with E-state index in [1.54, 1.807) is 25.1 Å². The summed E-state index contributed by atoms with van der Waals surface area (Å²) in [5.74, 6) is 0. The maximum absolute atomic E-state index is 5.87. The first-order valence-corrected chi connectivity index (χ1v) is 9.01. The molecule has 3 heterocycles. The SMILES string of the molecule is [B][C@H]1C[C@@H](OC)[C@@H](COCn2cc(CO[C@@H]3C[C@H]([B])O[C@@H]3COC)nn2)O1. The van der Waals surface area contributed by atoms with Crippen molar-refractivity contribution in [2.75, 3.05) is 27.4 Å². The molecule has 2 saturated heterocycles. The van der Waals surface area contributed by atoms with Crippen LogP contribution in [-0.2, 0) is 41.8 Å². The summed E-state index contributed by atoms with van der Waals surface area (Å²) in [6.45, 7) is 1.37. The Balaban J connectivity index is 1.39. The van der Waals surface area contributed by atoms with Crippen LogP contribution < -0.4 is 0 Å². The first-order chi connectivity index (χ1) is 13.1. The normalized spacial score (nSPS) is 33.7. The second-order valence-electron chi connectivity index (χ2n) is 6.73. The molecule has 0 unspecified atom stereocenters. The molecule has 11 heteroatoms. The minimum absolute atomic E-state index is 0.0558. The van der Waals surface area contributed by atoms with Gasteiger partial charge in [-0.15, -0.1) is 5.10 Å². The number of ether oxygens (including phenoxy) is 6. The van der Waals surface area contributed by atoms with Crippen LogP contribution in [0.2, 0.25) is 0 Å². The molecule has 9 nitrogen and oxygen atoms in total. The fraction of sp³-hybridized carbons (Fsp3) is 0.875. The van der Waals surface area contributed by atoms with Crippen molar-refractivity contribution in [2.45, 2.75) is 62.6 Å². The summed E-state index contributed by atoms with van der Waals surface area (Å²) in [7, 11) is 14.9. The predicted octanol–water partition coefficient (Wildman–Crippen LogP) is -0.634. The first-order valence-electron chi connectivity index (χ1n) is 9.01. The van der Waals surface area contributed by atoms with Crippen molar-refractivity contribution in [3.63, 3.8) is 0 Å². The third-order valence-corrected chi connectivity index (χ3v) is 4.63. The van der Waals surface area contributed by atoms with Gasteiger partial charge in [0.05, 0.1) is 38.2 Å².